The maximum Gasteiger partial charge on any atom is 0.220 e. The minimum absolute atomic E-state index is 0.329. The second-order valence-electron chi connectivity index (χ2n) is 3.82. The maximum absolute atomic E-state index is 5.57. The fraction of sp³-hybridized carbons (Fsp3) is 0.778. The van der Waals surface area contributed by atoms with E-state index in [4.69, 9.17) is 4.42 Å². The van der Waals surface area contributed by atoms with Crippen molar-refractivity contribution in [2.24, 2.45) is 0 Å². The van der Waals surface area contributed by atoms with Crippen molar-refractivity contribution >= 4 is 0 Å². The van der Waals surface area contributed by atoms with Gasteiger partial charge >= 0.3 is 0 Å². The van der Waals surface area contributed by atoms with Crippen molar-refractivity contribution in [1.82, 2.24) is 15.5 Å². The van der Waals surface area contributed by atoms with Gasteiger partial charge in [-0.05, 0) is 13.0 Å². The third kappa shape index (κ3) is 1.72. The smallest absolute Gasteiger partial charge is 0.220 e. The van der Waals surface area contributed by atoms with Crippen LogP contribution in [0.5, 0.6) is 0 Å². The van der Waals surface area contributed by atoms with Crippen molar-refractivity contribution in [1.29, 1.82) is 0 Å². The lowest BCUT2D eigenvalue weighted by Crippen LogP contribution is -2.08. The number of aromatic nitrogens is 2. The van der Waals surface area contributed by atoms with E-state index in [2.05, 4.69) is 29.4 Å². The van der Waals surface area contributed by atoms with Gasteiger partial charge in [-0.25, -0.2) is 0 Å². The summed E-state index contributed by atoms with van der Waals surface area (Å²) < 4.78 is 5.57. The molecule has 1 unspecified atom stereocenters. The Morgan fingerprint density at radius 2 is 2.31 bits per heavy atom. The van der Waals surface area contributed by atoms with Crippen molar-refractivity contribution in [2.75, 3.05) is 13.1 Å². The lowest BCUT2D eigenvalue weighted by atomic mass is 10.1. The Hall–Kier alpha value is -0.900. The van der Waals surface area contributed by atoms with E-state index < -0.39 is 0 Å². The van der Waals surface area contributed by atoms with Gasteiger partial charge in [-0.15, -0.1) is 10.2 Å². The third-order valence-electron chi connectivity index (χ3n) is 2.36. The number of rotatable bonds is 2. The minimum atomic E-state index is 0.329. The van der Waals surface area contributed by atoms with Crippen LogP contribution in [0.15, 0.2) is 4.42 Å². The van der Waals surface area contributed by atoms with Gasteiger partial charge in [-0.2, -0.15) is 0 Å². The van der Waals surface area contributed by atoms with Gasteiger partial charge in [-0.1, -0.05) is 13.8 Å². The molecule has 0 aliphatic carbocycles. The highest BCUT2D eigenvalue weighted by Crippen LogP contribution is 2.22. The summed E-state index contributed by atoms with van der Waals surface area (Å²) in [4.78, 5) is 0. The molecular formula is C9H15N3O. The Kier molecular flexibility index (Phi) is 2.31. The van der Waals surface area contributed by atoms with E-state index in [0.29, 0.717) is 11.8 Å². The zero-order chi connectivity index (χ0) is 9.26. The van der Waals surface area contributed by atoms with E-state index in [1.165, 1.54) is 0 Å². The molecule has 2 heterocycles. The molecule has 1 aromatic heterocycles. The van der Waals surface area contributed by atoms with Gasteiger partial charge in [0, 0.05) is 12.5 Å². The van der Waals surface area contributed by atoms with Gasteiger partial charge < -0.3 is 9.73 Å². The van der Waals surface area contributed by atoms with Crippen LogP contribution in [0, 0.1) is 0 Å². The first-order valence-corrected chi connectivity index (χ1v) is 4.81. The maximum atomic E-state index is 5.57. The van der Waals surface area contributed by atoms with Crippen molar-refractivity contribution in [3.8, 4) is 0 Å². The van der Waals surface area contributed by atoms with E-state index in [9.17, 15) is 0 Å². The van der Waals surface area contributed by atoms with Gasteiger partial charge in [0.1, 0.15) is 0 Å². The van der Waals surface area contributed by atoms with E-state index in [1.54, 1.807) is 0 Å². The van der Waals surface area contributed by atoms with Crippen molar-refractivity contribution in [3.63, 3.8) is 0 Å². The fourth-order valence-electron chi connectivity index (χ4n) is 1.51. The molecule has 72 valence electrons. The first kappa shape index (κ1) is 8.69. The summed E-state index contributed by atoms with van der Waals surface area (Å²) in [5.41, 5.74) is 0. The first-order valence-electron chi connectivity index (χ1n) is 4.81. The molecule has 1 aliphatic heterocycles. The molecule has 2 rings (SSSR count). The molecule has 13 heavy (non-hydrogen) atoms. The number of hydrogen-bond acceptors (Lipinski definition) is 4. The van der Waals surface area contributed by atoms with Gasteiger partial charge in [0.25, 0.3) is 0 Å². The van der Waals surface area contributed by atoms with Crippen molar-refractivity contribution < 1.29 is 4.42 Å². The quantitative estimate of drug-likeness (QED) is 0.746. The monoisotopic (exact) mass is 181 g/mol. The standard InChI is InChI=1S/C9H15N3O/c1-6(2)8-11-12-9(13-8)7-3-4-10-5-7/h6-7,10H,3-5H2,1-2H3. The summed E-state index contributed by atoms with van der Waals surface area (Å²) in [7, 11) is 0. The Morgan fingerprint density at radius 1 is 1.46 bits per heavy atom. The first-order chi connectivity index (χ1) is 6.27. The Balaban J connectivity index is 2.12. The van der Waals surface area contributed by atoms with Crippen molar-refractivity contribution in [2.45, 2.75) is 32.1 Å². The topological polar surface area (TPSA) is 51.0 Å². The second kappa shape index (κ2) is 3.46. The van der Waals surface area contributed by atoms with Crippen LogP contribution < -0.4 is 5.32 Å². The van der Waals surface area contributed by atoms with Crippen LogP contribution in [-0.2, 0) is 0 Å². The molecule has 1 aliphatic rings. The van der Waals surface area contributed by atoms with Gasteiger partial charge in [0.05, 0.1) is 5.92 Å². The molecule has 4 heteroatoms. The van der Waals surface area contributed by atoms with Crippen LogP contribution in [0.2, 0.25) is 0 Å². The highest BCUT2D eigenvalue weighted by molar-refractivity contribution is 4.97. The highest BCUT2D eigenvalue weighted by Gasteiger charge is 2.22. The van der Waals surface area contributed by atoms with Crippen LogP contribution in [0.1, 0.15) is 43.9 Å². The lowest BCUT2D eigenvalue weighted by molar-refractivity contribution is 0.409. The lowest BCUT2D eigenvalue weighted by Gasteiger charge is -2.00. The summed E-state index contributed by atoms with van der Waals surface area (Å²) in [5, 5.41) is 11.4. The molecule has 0 bridgehead atoms. The average molecular weight is 181 g/mol. The SMILES string of the molecule is CC(C)c1nnc(C2CCNC2)o1. The summed E-state index contributed by atoms with van der Waals surface area (Å²) in [5.74, 6) is 2.31. The fourth-order valence-corrected chi connectivity index (χ4v) is 1.51. The minimum Gasteiger partial charge on any atom is -0.425 e. The van der Waals surface area contributed by atoms with E-state index in [1.807, 2.05) is 0 Å². The molecule has 1 fully saturated rings. The molecule has 0 saturated carbocycles. The largest absolute Gasteiger partial charge is 0.425 e. The Bertz CT molecular complexity index is 276. The van der Waals surface area contributed by atoms with E-state index in [0.717, 1.165) is 31.3 Å². The summed E-state index contributed by atoms with van der Waals surface area (Å²) >= 11 is 0. The molecule has 1 aromatic rings. The summed E-state index contributed by atoms with van der Waals surface area (Å²) in [6.45, 7) is 6.15. The number of hydrogen-bond donors (Lipinski definition) is 1. The van der Waals surface area contributed by atoms with Crippen LogP contribution in [0.25, 0.3) is 0 Å². The molecule has 4 nitrogen and oxygen atoms in total. The van der Waals surface area contributed by atoms with Crippen LogP contribution >= 0.6 is 0 Å². The third-order valence-corrected chi connectivity index (χ3v) is 2.36. The Labute approximate surface area is 77.7 Å². The summed E-state index contributed by atoms with van der Waals surface area (Å²) in [6.07, 6.45) is 1.11. The van der Waals surface area contributed by atoms with Gasteiger partial charge in [0.15, 0.2) is 0 Å². The molecule has 1 N–H and O–H groups in total. The number of nitrogens with zero attached hydrogens (tertiary/aromatic N) is 2. The summed E-state index contributed by atoms with van der Waals surface area (Å²) in [6, 6.07) is 0. The average Bonchev–Trinajstić information content (AvgIpc) is 2.75. The predicted octanol–water partition coefficient (Wildman–Crippen LogP) is 1.27. The van der Waals surface area contributed by atoms with Crippen molar-refractivity contribution in [3.05, 3.63) is 11.8 Å². The second-order valence-corrected chi connectivity index (χ2v) is 3.82. The molecular weight excluding hydrogens is 166 g/mol. The molecule has 0 amide bonds. The van der Waals surface area contributed by atoms with Crippen LogP contribution in [0.4, 0.5) is 0 Å². The molecule has 0 aromatic carbocycles. The predicted molar refractivity (Wildman–Crippen MR) is 48.6 cm³/mol. The van der Waals surface area contributed by atoms with E-state index >= 15 is 0 Å². The molecule has 1 saturated heterocycles. The van der Waals surface area contributed by atoms with Gasteiger partial charge in [0.2, 0.25) is 11.8 Å². The van der Waals surface area contributed by atoms with Crippen LogP contribution in [-0.4, -0.2) is 23.3 Å². The normalized spacial score (nSPS) is 22.8. The van der Waals surface area contributed by atoms with Crippen LogP contribution in [0.3, 0.4) is 0 Å². The zero-order valence-corrected chi connectivity index (χ0v) is 8.08. The molecule has 0 radical (unpaired) electrons. The zero-order valence-electron chi connectivity index (χ0n) is 8.08. The Morgan fingerprint density at radius 3 is 2.85 bits per heavy atom. The molecule has 1 atom stereocenters. The highest BCUT2D eigenvalue weighted by atomic mass is 16.4. The van der Waals surface area contributed by atoms with E-state index in [-0.39, 0.29) is 0 Å². The molecule has 0 spiro atoms. The number of nitrogens with one attached hydrogen (secondary N) is 1. The van der Waals surface area contributed by atoms with Gasteiger partial charge in [-0.3, -0.25) is 0 Å².